The Bertz CT molecular complexity index is 1230. The number of carbonyl (C=O) groups is 1. The highest BCUT2D eigenvalue weighted by Gasteiger charge is 2.21. The number of anilines is 2. The van der Waals surface area contributed by atoms with E-state index in [0.717, 1.165) is 48.7 Å². The quantitative estimate of drug-likeness (QED) is 0.449. The Morgan fingerprint density at radius 3 is 2.49 bits per heavy atom. The van der Waals surface area contributed by atoms with Gasteiger partial charge in [0.2, 0.25) is 23.0 Å². The van der Waals surface area contributed by atoms with E-state index < -0.39 is 17.1 Å². The van der Waals surface area contributed by atoms with Crippen molar-refractivity contribution in [2.75, 3.05) is 49.4 Å². The van der Waals surface area contributed by atoms with Crippen LogP contribution in [0.4, 0.5) is 23.3 Å². The van der Waals surface area contributed by atoms with Gasteiger partial charge in [-0.2, -0.15) is 0 Å². The number of aryl methyl sites for hydroxylation is 1. The summed E-state index contributed by atoms with van der Waals surface area (Å²) in [4.78, 5) is 26.2. The average molecular weight is 506 g/mol. The highest BCUT2D eigenvalue weighted by Crippen LogP contribution is 2.52. The van der Waals surface area contributed by atoms with Gasteiger partial charge >= 0.3 is 0 Å². The van der Waals surface area contributed by atoms with E-state index in [1.807, 2.05) is 19.1 Å². The number of likely N-dealkylation sites (N-methyl/N-ethyl adjacent to an activating group) is 1. The first kappa shape index (κ1) is 24.8. The van der Waals surface area contributed by atoms with Crippen molar-refractivity contribution < 1.29 is 21.2 Å². The van der Waals surface area contributed by atoms with E-state index >= 15 is 0 Å². The average Bonchev–Trinajstić information content (AvgIpc) is 2.82. The molecule has 0 aliphatic carbocycles. The Morgan fingerprint density at radius 2 is 1.80 bits per heavy atom. The third kappa shape index (κ3) is 6.86. The first-order valence-corrected chi connectivity index (χ1v) is 12.5. The summed E-state index contributed by atoms with van der Waals surface area (Å²) in [7, 11) is 2.10. The molecular weight excluding hydrogens is 479 g/mol. The van der Waals surface area contributed by atoms with E-state index in [0.29, 0.717) is 11.3 Å². The maximum Gasteiger partial charge on any atom is 0.248 e. The number of hydrogen-bond donors (Lipinski definition) is 1. The Kier molecular flexibility index (Phi) is 7.46. The molecule has 4 rings (SSSR count). The standard InChI is InChI=1S/C24H26F3N5O2S/c1-17-21-15-19(6-9-22(21)30-24(28-17)32-13-11-31(2)12-14-32)29-23(33)10-5-18-3-7-20(8-4-18)34-16-35(25,26)27/h3-10,15H,11-14,16H2,1-2H3,(H,29,33)/b10-5+. The van der Waals surface area contributed by atoms with Gasteiger partial charge in [0.25, 0.3) is 0 Å². The zero-order chi connectivity index (χ0) is 25.0. The van der Waals surface area contributed by atoms with Gasteiger partial charge in [-0.15, -0.1) is 11.7 Å². The van der Waals surface area contributed by atoms with Crippen molar-refractivity contribution in [1.29, 1.82) is 0 Å². The largest absolute Gasteiger partial charge is 0.477 e. The molecule has 7 nitrogen and oxygen atoms in total. The highest BCUT2D eigenvalue weighted by atomic mass is 32.3. The van der Waals surface area contributed by atoms with E-state index in [1.165, 1.54) is 18.2 Å². The van der Waals surface area contributed by atoms with Crippen molar-refractivity contribution in [1.82, 2.24) is 14.9 Å². The lowest BCUT2D eigenvalue weighted by Gasteiger charge is -2.32. The van der Waals surface area contributed by atoms with E-state index in [2.05, 4.69) is 27.1 Å². The molecule has 35 heavy (non-hydrogen) atoms. The first-order chi connectivity index (χ1) is 16.7. The molecule has 0 saturated carbocycles. The molecule has 2 aromatic carbocycles. The van der Waals surface area contributed by atoms with E-state index in [9.17, 15) is 16.5 Å². The fourth-order valence-electron chi connectivity index (χ4n) is 3.66. The topological polar surface area (TPSA) is 70.6 Å². The van der Waals surface area contributed by atoms with Crippen molar-refractivity contribution in [2.45, 2.75) is 6.92 Å². The van der Waals surface area contributed by atoms with Crippen LogP contribution in [0, 0.1) is 6.92 Å². The summed E-state index contributed by atoms with van der Waals surface area (Å²) in [5.74, 6) is -0.754. The summed E-state index contributed by atoms with van der Waals surface area (Å²) in [5, 5.41) is 3.68. The van der Waals surface area contributed by atoms with Crippen LogP contribution in [0.1, 0.15) is 11.3 Å². The number of ether oxygens (including phenoxy) is 1. The fraction of sp³-hybridized carbons (Fsp3) is 0.292. The lowest BCUT2D eigenvalue weighted by atomic mass is 10.1. The van der Waals surface area contributed by atoms with Crippen molar-refractivity contribution in [3.8, 4) is 5.75 Å². The summed E-state index contributed by atoms with van der Waals surface area (Å²) in [6.07, 6.45) is 2.94. The number of nitrogens with one attached hydrogen (secondary N) is 1. The van der Waals surface area contributed by atoms with Crippen LogP contribution in [0.2, 0.25) is 0 Å². The maximum atomic E-state index is 12.4. The summed E-state index contributed by atoms with van der Waals surface area (Å²) in [6, 6.07) is 11.5. The molecule has 1 aliphatic heterocycles. The van der Waals surface area contributed by atoms with Gasteiger partial charge in [0.05, 0.1) is 11.2 Å². The van der Waals surface area contributed by atoms with Crippen LogP contribution in [-0.2, 0) is 4.79 Å². The molecule has 0 spiro atoms. The fourth-order valence-corrected chi connectivity index (χ4v) is 3.93. The predicted molar refractivity (Wildman–Crippen MR) is 135 cm³/mol. The predicted octanol–water partition coefficient (Wildman–Crippen LogP) is 5.14. The molecule has 0 bridgehead atoms. The second-order valence-electron chi connectivity index (χ2n) is 8.29. The number of fused-ring (bicyclic) bond motifs is 1. The number of benzene rings is 2. The molecule has 1 saturated heterocycles. The second-order valence-corrected chi connectivity index (χ2v) is 9.53. The number of carbonyl (C=O) groups excluding carboxylic acids is 1. The Hall–Kier alpha value is -3.31. The van der Waals surface area contributed by atoms with E-state index in [1.54, 1.807) is 24.3 Å². The lowest BCUT2D eigenvalue weighted by Crippen LogP contribution is -2.45. The molecule has 0 radical (unpaired) electrons. The van der Waals surface area contributed by atoms with Crippen LogP contribution in [0.5, 0.6) is 5.75 Å². The summed E-state index contributed by atoms with van der Waals surface area (Å²) < 4.78 is 41.7. The van der Waals surface area contributed by atoms with Gasteiger partial charge < -0.3 is 19.9 Å². The smallest absolute Gasteiger partial charge is 0.248 e. The normalized spacial score (nSPS) is 15.5. The molecular formula is C24H26F3N5O2S. The minimum atomic E-state index is -5.21. The minimum absolute atomic E-state index is 0.126. The van der Waals surface area contributed by atoms with Gasteiger partial charge in [-0.25, -0.2) is 9.97 Å². The Morgan fingerprint density at radius 1 is 1.09 bits per heavy atom. The molecule has 0 unspecified atom stereocenters. The third-order valence-electron chi connectivity index (χ3n) is 5.59. The molecule has 1 aromatic heterocycles. The van der Waals surface area contributed by atoms with Crippen LogP contribution in [0.25, 0.3) is 17.0 Å². The second kappa shape index (κ2) is 10.5. The molecule has 2 heterocycles. The van der Waals surface area contributed by atoms with Gasteiger partial charge in [0.15, 0.2) is 5.94 Å². The molecule has 0 atom stereocenters. The van der Waals surface area contributed by atoms with Gasteiger partial charge in [-0.05, 0) is 55.9 Å². The van der Waals surface area contributed by atoms with Crippen LogP contribution in [-0.4, -0.2) is 59.9 Å². The van der Waals surface area contributed by atoms with Gasteiger partial charge in [-0.3, -0.25) is 4.79 Å². The Labute approximate surface area is 203 Å². The van der Waals surface area contributed by atoms with Crippen molar-refractivity contribution >= 4 is 45.7 Å². The zero-order valence-electron chi connectivity index (χ0n) is 19.4. The number of rotatable bonds is 7. The van der Waals surface area contributed by atoms with Gasteiger partial charge in [0.1, 0.15) is 5.75 Å². The SMILES string of the molecule is Cc1nc(N2CCN(C)CC2)nc2ccc(NC(=O)/C=C/c3ccc(OCS(F)(F)F)cc3)cc12. The molecule has 11 heteroatoms. The third-order valence-corrected chi connectivity index (χ3v) is 5.98. The molecule has 3 aromatic rings. The number of halogens is 3. The van der Waals surface area contributed by atoms with E-state index in [-0.39, 0.29) is 11.7 Å². The van der Waals surface area contributed by atoms with E-state index in [4.69, 9.17) is 9.72 Å². The number of nitrogens with zero attached hydrogens (tertiary/aromatic N) is 4. The van der Waals surface area contributed by atoms with Gasteiger partial charge in [-0.1, -0.05) is 12.1 Å². The highest BCUT2D eigenvalue weighted by molar-refractivity contribution is 8.20. The number of hydrogen-bond acceptors (Lipinski definition) is 6. The van der Waals surface area contributed by atoms with Crippen LogP contribution < -0.4 is 15.0 Å². The molecule has 1 amide bonds. The summed E-state index contributed by atoms with van der Waals surface area (Å²) in [5.41, 5.74) is 2.93. The lowest BCUT2D eigenvalue weighted by molar-refractivity contribution is -0.111. The minimum Gasteiger partial charge on any atom is -0.477 e. The van der Waals surface area contributed by atoms with Crippen molar-refractivity contribution in [3.63, 3.8) is 0 Å². The van der Waals surface area contributed by atoms with Crippen LogP contribution >= 0.6 is 11.2 Å². The number of aromatic nitrogens is 2. The maximum absolute atomic E-state index is 12.4. The number of piperazine rings is 1. The van der Waals surface area contributed by atoms with Crippen molar-refractivity contribution in [2.24, 2.45) is 0 Å². The summed E-state index contributed by atoms with van der Waals surface area (Å²) in [6.45, 7) is 5.63. The molecule has 1 aliphatic rings. The monoisotopic (exact) mass is 505 g/mol. The van der Waals surface area contributed by atoms with Crippen molar-refractivity contribution in [3.05, 3.63) is 59.8 Å². The molecule has 1 N–H and O–H groups in total. The molecule has 1 fully saturated rings. The molecule has 186 valence electrons. The van der Waals surface area contributed by atoms with Crippen LogP contribution in [0.3, 0.4) is 0 Å². The number of amides is 1. The first-order valence-electron chi connectivity index (χ1n) is 11.0. The zero-order valence-corrected chi connectivity index (χ0v) is 20.2. The Balaban J connectivity index is 1.39. The van der Waals surface area contributed by atoms with Crippen LogP contribution in [0.15, 0.2) is 48.5 Å². The summed E-state index contributed by atoms with van der Waals surface area (Å²) >= 11 is -5.21. The van der Waals surface area contributed by atoms with Gasteiger partial charge in [0, 0.05) is 43.3 Å².